The molecule has 1 aliphatic heterocycles. The van der Waals surface area contributed by atoms with Gasteiger partial charge in [0.1, 0.15) is 0 Å². The van der Waals surface area contributed by atoms with Crippen LogP contribution in [0.25, 0.3) is 0 Å². The average molecular weight is 270 g/mol. The largest absolute Gasteiger partial charge is 0.370 e. The summed E-state index contributed by atoms with van der Waals surface area (Å²) in [7, 11) is 0. The van der Waals surface area contributed by atoms with E-state index in [9.17, 15) is 0 Å². The quantitative estimate of drug-likeness (QED) is 0.914. The van der Waals surface area contributed by atoms with Crippen LogP contribution in [0.3, 0.4) is 0 Å². The van der Waals surface area contributed by atoms with E-state index in [0.717, 1.165) is 29.4 Å². The van der Waals surface area contributed by atoms with Gasteiger partial charge in [0.15, 0.2) is 5.96 Å². The molecule has 3 nitrogen and oxygen atoms in total. The molecule has 1 atom stereocenters. The van der Waals surface area contributed by atoms with Crippen LogP contribution in [-0.4, -0.2) is 30.6 Å². The van der Waals surface area contributed by atoms with E-state index < -0.39 is 0 Å². The van der Waals surface area contributed by atoms with Gasteiger partial charge in [-0.2, -0.15) is 11.8 Å². The lowest BCUT2D eigenvalue weighted by Crippen LogP contribution is -2.41. The molecule has 2 rings (SSSR count). The SMILES string of the molecule is CSCCC1CN=C(N)N1c1ccc(Cl)cc1. The topological polar surface area (TPSA) is 41.6 Å². The molecule has 0 saturated heterocycles. The van der Waals surface area contributed by atoms with Crippen molar-refractivity contribution in [3.8, 4) is 0 Å². The second-order valence-corrected chi connectivity index (χ2v) is 5.40. The van der Waals surface area contributed by atoms with Crippen LogP contribution >= 0.6 is 23.4 Å². The summed E-state index contributed by atoms with van der Waals surface area (Å²) < 4.78 is 0. The van der Waals surface area contributed by atoms with Crippen LogP contribution in [-0.2, 0) is 0 Å². The number of thioether (sulfide) groups is 1. The van der Waals surface area contributed by atoms with Gasteiger partial charge in [0.25, 0.3) is 0 Å². The van der Waals surface area contributed by atoms with Crippen LogP contribution in [0.2, 0.25) is 5.02 Å². The molecule has 1 aromatic carbocycles. The van der Waals surface area contributed by atoms with Gasteiger partial charge in [0.2, 0.25) is 0 Å². The maximum atomic E-state index is 5.95. The number of aliphatic imine (C=N–C) groups is 1. The number of nitrogens with two attached hydrogens (primary N) is 1. The normalized spacial score (nSPS) is 19.5. The zero-order valence-electron chi connectivity index (χ0n) is 9.77. The van der Waals surface area contributed by atoms with Gasteiger partial charge in [0, 0.05) is 10.7 Å². The number of anilines is 1. The molecule has 5 heteroatoms. The van der Waals surface area contributed by atoms with Crippen molar-refractivity contribution in [3.63, 3.8) is 0 Å². The third kappa shape index (κ3) is 2.87. The lowest BCUT2D eigenvalue weighted by Gasteiger charge is -2.26. The van der Waals surface area contributed by atoms with Gasteiger partial charge in [-0.15, -0.1) is 0 Å². The van der Waals surface area contributed by atoms with Gasteiger partial charge < -0.3 is 10.6 Å². The predicted octanol–water partition coefficient (Wildman–Crippen LogP) is 2.60. The molecule has 0 spiro atoms. The number of hydrogen-bond donors (Lipinski definition) is 1. The second-order valence-electron chi connectivity index (χ2n) is 3.98. The number of benzene rings is 1. The molecular weight excluding hydrogens is 254 g/mol. The summed E-state index contributed by atoms with van der Waals surface area (Å²) in [6, 6.07) is 8.12. The van der Waals surface area contributed by atoms with Crippen molar-refractivity contribution in [2.75, 3.05) is 23.5 Å². The van der Waals surface area contributed by atoms with Crippen LogP contribution in [0.5, 0.6) is 0 Å². The Balaban J connectivity index is 2.15. The summed E-state index contributed by atoms with van der Waals surface area (Å²) in [6.07, 6.45) is 3.21. The Labute approximate surface area is 111 Å². The zero-order valence-corrected chi connectivity index (χ0v) is 11.3. The second kappa shape index (κ2) is 5.65. The van der Waals surface area contributed by atoms with E-state index in [0.29, 0.717) is 12.0 Å². The summed E-state index contributed by atoms with van der Waals surface area (Å²) in [6.45, 7) is 0.787. The Morgan fingerprint density at radius 3 is 2.82 bits per heavy atom. The fraction of sp³-hybridized carbons (Fsp3) is 0.417. The highest BCUT2D eigenvalue weighted by Crippen LogP contribution is 2.24. The number of halogens is 1. The minimum atomic E-state index is 0.378. The fourth-order valence-electron chi connectivity index (χ4n) is 1.96. The maximum Gasteiger partial charge on any atom is 0.196 e. The number of hydrogen-bond acceptors (Lipinski definition) is 4. The van der Waals surface area contributed by atoms with Crippen molar-refractivity contribution in [1.82, 2.24) is 0 Å². The van der Waals surface area contributed by atoms with E-state index >= 15 is 0 Å². The van der Waals surface area contributed by atoms with Gasteiger partial charge in [-0.1, -0.05) is 11.6 Å². The first kappa shape index (κ1) is 12.6. The summed E-state index contributed by atoms with van der Waals surface area (Å²) in [4.78, 5) is 6.43. The molecular formula is C12H16ClN3S. The molecule has 0 bridgehead atoms. The summed E-state index contributed by atoms with van der Waals surface area (Å²) >= 11 is 7.74. The lowest BCUT2D eigenvalue weighted by atomic mass is 10.2. The lowest BCUT2D eigenvalue weighted by molar-refractivity contribution is 0.690. The summed E-state index contributed by atoms with van der Waals surface area (Å²) in [5, 5.41) is 0.740. The average Bonchev–Trinajstić information content (AvgIpc) is 2.69. The molecule has 0 fully saturated rings. The summed E-state index contributed by atoms with van der Waals surface area (Å²) in [5.41, 5.74) is 7.02. The van der Waals surface area contributed by atoms with E-state index in [1.54, 1.807) is 0 Å². The van der Waals surface area contributed by atoms with Crippen molar-refractivity contribution >= 4 is 35.0 Å². The van der Waals surface area contributed by atoms with Crippen LogP contribution in [0, 0.1) is 0 Å². The van der Waals surface area contributed by atoms with Crippen molar-refractivity contribution in [3.05, 3.63) is 29.3 Å². The summed E-state index contributed by atoms with van der Waals surface area (Å²) in [5.74, 6) is 1.73. The molecule has 0 saturated carbocycles. The Kier molecular flexibility index (Phi) is 4.18. The third-order valence-electron chi connectivity index (χ3n) is 2.84. The number of guanidine groups is 1. The maximum absolute atomic E-state index is 5.95. The molecule has 0 aliphatic carbocycles. The van der Waals surface area contributed by atoms with Crippen LogP contribution in [0.15, 0.2) is 29.3 Å². The zero-order chi connectivity index (χ0) is 12.3. The highest BCUT2D eigenvalue weighted by atomic mass is 35.5. The minimum absolute atomic E-state index is 0.378. The first-order valence-corrected chi connectivity index (χ1v) is 7.33. The first-order chi connectivity index (χ1) is 8.22. The molecule has 1 unspecified atom stereocenters. The molecule has 2 N–H and O–H groups in total. The molecule has 0 aromatic heterocycles. The standard InChI is InChI=1S/C12H16ClN3S/c1-17-7-6-11-8-15-12(14)16(11)10-4-2-9(13)3-5-10/h2-5,11H,6-8H2,1H3,(H2,14,15). The monoisotopic (exact) mass is 269 g/mol. The Morgan fingerprint density at radius 2 is 2.18 bits per heavy atom. The highest BCUT2D eigenvalue weighted by molar-refractivity contribution is 7.98. The van der Waals surface area contributed by atoms with Gasteiger partial charge in [-0.3, -0.25) is 4.99 Å². The molecule has 0 amide bonds. The van der Waals surface area contributed by atoms with Crippen LogP contribution in [0.4, 0.5) is 5.69 Å². The van der Waals surface area contributed by atoms with E-state index in [4.69, 9.17) is 17.3 Å². The van der Waals surface area contributed by atoms with Crippen molar-refractivity contribution < 1.29 is 0 Å². The third-order valence-corrected chi connectivity index (χ3v) is 3.73. The van der Waals surface area contributed by atoms with Crippen LogP contribution < -0.4 is 10.6 Å². The Bertz CT molecular complexity index is 405. The molecule has 1 aliphatic rings. The number of nitrogens with zero attached hydrogens (tertiary/aromatic N) is 2. The van der Waals surface area contributed by atoms with Gasteiger partial charge in [0.05, 0.1) is 12.6 Å². The number of rotatable bonds is 4. The molecule has 17 heavy (non-hydrogen) atoms. The highest BCUT2D eigenvalue weighted by Gasteiger charge is 2.26. The minimum Gasteiger partial charge on any atom is -0.370 e. The fourth-order valence-corrected chi connectivity index (χ4v) is 2.60. The first-order valence-electron chi connectivity index (χ1n) is 5.56. The van der Waals surface area contributed by atoms with Gasteiger partial charge >= 0.3 is 0 Å². The van der Waals surface area contributed by atoms with E-state index in [1.807, 2.05) is 36.0 Å². The Morgan fingerprint density at radius 1 is 1.47 bits per heavy atom. The van der Waals surface area contributed by atoms with Crippen molar-refractivity contribution in [1.29, 1.82) is 0 Å². The molecule has 0 radical (unpaired) electrons. The van der Waals surface area contributed by atoms with Crippen molar-refractivity contribution in [2.24, 2.45) is 10.7 Å². The molecule has 1 heterocycles. The molecule has 92 valence electrons. The van der Waals surface area contributed by atoms with Gasteiger partial charge in [-0.25, -0.2) is 0 Å². The Hall–Kier alpha value is -0.870. The van der Waals surface area contributed by atoms with Crippen LogP contribution in [0.1, 0.15) is 6.42 Å². The van der Waals surface area contributed by atoms with E-state index in [2.05, 4.69) is 16.1 Å². The molecule has 1 aromatic rings. The predicted molar refractivity (Wildman–Crippen MR) is 77.2 cm³/mol. The van der Waals surface area contributed by atoms with Crippen molar-refractivity contribution in [2.45, 2.75) is 12.5 Å². The smallest absolute Gasteiger partial charge is 0.196 e. The van der Waals surface area contributed by atoms with E-state index in [-0.39, 0.29) is 0 Å². The van der Waals surface area contributed by atoms with Gasteiger partial charge in [-0.05, 0) is 42.7 Å². The van der Waals surface area contributed by atoms with E-state index in [1.165, 1.54) is 0 Å².